The fraction of sp³-hybridized carbons (Fsp3) is 0.615. The zero-order chi connectivity index (χ0) is 11.5. The van der Waals surface area contributed by atoms with Gasteiger partial charge in [0.15, 0.2) is 0 Å². The molecular weight excluding hydrogens is 198 g/mol. The van der Waals surface area contributed by atoms with Crippen molar-refractivity contribution >= 4 is 5.82 Å². The van der Waals surface area contributed by atoms with Crippen molar-refractivity contribution in [1.29, 1.82) is 0 Å². The van der Waals surface area contributed by atoms with Crippen LogP contribution in [0.4, 0.5) is 5.82 Å². The van der Waals surface area contributed by atoms with Crippen LogP contribution in [-0.4, -0.2) is 30.0 Å². The van der Waals surface area contributed by atoms with E-state index in [1.54, 1.807) is 0 Å². The summed E-state index contributed by atoms with van der Waals surface area (Å²) in [6.07, 6.45) is 4.63. The number of likely N-dealkylation sites (tertiary alicyclic amines) is 1. The van der Waals surface area contributed by atoms with Gasteiger partial charge in [-0.2, -0.15) is 0 Å². The van der Waals surface area contributed by atoms with E-state index in [9.17, 15) is 0 Å². The van der Waals surface area contributed by atoms with Gasteiger partial charge in [-0.3, -0.25) is 4.90 Å². The second-order valence-corrected chi connectivity index (χ2v) is 4.46. The van der Waals surface area contributed by atoms with Crippen molar-refractivity contribution in [3.63, 3.8) is 0 Å². The third-order valence-electron chi connectivity index (χ3n) is 3.54. The number of hydrogen-bond acceptors (Lipinski definition) is 3. The predicted molar refractivity (Wildman–Crippen MR) is 67.7 cm³/mol. The Morgan fingerprint density at radius 3 is 3.00 bits per heavy atom. The topological polar surface area (TPSA) is 28.2 Å². The van der Waals surface area contributed by atoms with Gasteiger partial charge in [0.05, 0.1) is 0 Å². The molecule has 1 saturated heterocycles. The minimum Gasteiger partial charge on any atom is -0.373 e. The van der Waals surface area contributed by atoms with E-state index in [1.165, 1.54) is 30.5 Å². The Hall–Kier alpha value is -1.09. The molecule has 1 aromatic heterocycles. The third-order valence-corrected chi connectivity index (χ3v) is 3.54. The first-order valence-corrected chi connectivity index (χ1v) is 6.14. The highest BCUT2D eigenvalue weighted by atomic mass is 15.2. The lowest BCUT2D eigenvalue weighted by Crippen LogP contribution is -2.23. The van der Waals surface area contributed by atoms with E-state index in [4.69, 9.17) is 0 Å². The summed E-state index contributed by atoms with van der Waals surface area (Å²) in [4.78, 5) is 6.98. The molecule has 2 heterocycles. The summed E-state index contributed by atoms with van der Waals surface area (Å²) in [5, 5.41) is 3.09. The van der Waals surface area contributed by atoms with Gasteiger partial charge >= 0.3 is 0 Å². The molecule has 1 fully saturated rings. The first kappa shape index (κ1) is 11.4. The van der Waals surface area contributed by atoms with Crippen LogP contribution >= 0.6 is 0 Å². The molecule has 0 unspecified atom stereocenters. The quantitative estimate of drug-likeness (QED) is 0.847. The Morgan fingerprint density at radius 1 is 1.56 bits per heavy atom. The molecule has 0 bridgehead atoms. The first-order chi connectivity index (χ1) is 7.76. The van der Waals surface area contributed by atoms with E-state index < -0.39 is 0 Å². The molecule has 2 rings (SSSR count). The molecule has 88 valence electrons. The van der Waals surface area contributed by atoms with Gasteiger partial charge in [-0.25, -0.2) is 4.98 Å². The van der Waals surface area contributed by atoms with Crippen molar-refractivity contribution in [2.75, 3.05) is 25.5 Å². The van der Waals surface area contributed by atoms with Gasteiger partial charge in [-0.15, -0.1) is 0 Å². The van der Waals surface area contributed by atoms with Crippen LogP contribution in [0.25, 0.3) is 0 Å². The van der Waals surface area contributed by atoms with Gasteiger partial charge in [0.2, 0.25) is 0 Å². The molecule has 0 spiro atoms. The summed E-state index contributed by atoms with van der Waals surface area (Å²) in [6, 6.07) is 2.73. The second-order valence-electron chi connectivity index (χ2n) is 4.46. The van der Waals surface area contributed by atoms with Crippen molar-refractivity contribution in [1.82, 2.24) is 9.88 Å². The van der Waals surface area contributed by atoms with Gasteiger partial charge in [-0.05, 0) is 50.0 Å². The summed E-state index contributed by atoms with van der Waals surface area (Å²) >= 11 is 0. The molecule has 16 heavy (non-hydrogen) atoms. The smallest absolute Gasteiger partial charge is 0.125 e. The minimum atomic E-state index is 0.586. The third kappa shape index (κ3) is 2.05. The number of aryl methyl sites for hydroxylation is 1. The fourth-order valence-corrected chi connectivity index (χ4v) is 2.61. The predicted octanol–water partition coefficient (Wildman–Crippen LogP) is 2.59. The van der Waals surface area contributed by atoms with Gasteiger partial charge in [0.1, 0.15) is 5.82 Å². The largest absolute Gasteiger partial charge is 0.373 e. The Labute approximate surface area is 97.9 Å². The molecule has 1 aromatic rings. The molecule has 1 atom stereocenters. The Bertz CT molecular complexity index is 362. The summed E-state index contributed by atoms with van der Waals surface area (Å²) in [5.74, 6) is 0.960. The molecule has 3 heteroatoms. The number of anilines is 1. The zero-order valence-corrected chi connectivity index (χ0v) is 10.5. The number of nitrogens with zero attached hydrogens (tertiary/aromatic N) is 2. The Balaban J connectivity index is 2.26. The van der Waals surface area contributed by atoms with Crippen LogP contribution in [0.2, 0.25) is 0 Å². The fourth-order valence-electron chi connectivity index (χ4n) is 2.61. The average Bonchev–Trinajstić information content (AvgIpc) is 2.76. The summed E-state index contributed by atoms with van der Waals surface area (Å²) in [6.45, 7) is 6.79. The lowest BCUT2D eigenvalue weighted by molar-refractivity contribution is 0.270. The molecule has 1 N–H and O–H groups in total. The van der Waals surface area contributed by atoms with Crippen LogP contribution in [0.1, 0.15) is 36.9 Å². The van der Waals surface area contributed by atoms with Crippen molar-refractivity contribution in [2.24, 2.45) is 0 Å². The minimum absolute atomic E-state index is 0.586. The van der Waals surface area contributed by atoms with Gasteiger partial charge in [0, 0.05) is 19.3 Å². The molecule has 1 aliphatic rings. The Morgan fingerprint density at radius 2 is 2.38 bits per heavy atom. The molecular formula is C13H21N3. The summed E-state index contributed by atoms with van der Waals surface area (Å²) in [5.41, 5.74) is 2.75. The van der Waals surface area contributed by atoms with Crippen LogP contribution in [0, 0.1) is 6.92 Å². The van der Waals surface area contributed by atoms with E-state index in [1.807, 2.05) is 13.2 Å². The number of hydrogen-bond donors (Lipinski definition) is 1. The molecule has 3 nitrogen and oxygen atoms in total. The van der Waals surface area contributed by atoms with Gasteiger partial charge < -0.3 is 5.32 Å². The van der Waals surface area contributed by atoms with Gasteiger partial charge in [0.25, 0.3) is 0 Å². The maximum atomic E-state index is 4.43. The lowest BCUT2D eigenvalue weighted by atomic mass is 10.0. The maximum Gasteiger partial charge on any atom is 0.125 e. The number of nitrogens with one attached hydrogen (secondary N) is 1. The summed E-state index contributed by atoms with van der Waals surface area (Å²) in [7, 11) is 1.91. The highest BCUT2D eigenvalue weighted by Crippen LogP contribution is 2.33. The van der Waals surface area contributed by atoms with E-state index in [0.29, 0.717) is 6.04 Å². The van der Waals surface area contributed by atoms with E-state index in [2.05, 4.69) is 35.1 Å². The zero-order valence-electron chi connectivity index (χ0n) is 10.5. The standard InChI is InChI=1S/C13H21N3/c1-4-16-7-5-6-12(16)11-9-15-13(14-3)8-10(11)2/h8-9,12H,4-7H2,1-3H3,(H,14,15)/t12-/m1/s1. The van der Waals surface area contributed by atoms with E-state index in [-0.39, 0.29) is 0 Å². The van der Waals surface area contributed by atoms with Crippen LogP contribution in [-0.2, 0) is 0 Å². The van der Waals surface area contributed by atoms with E-state index in [0.717, 1.165) is 12.4 Å². The number of rotatable bonds is 3. The first-order valence-electron chi connectivity index (χ1n) is 6.14. The molecule has 0 radical (unpaired) electrons. The van der Waals surface area contributed by atoms with Crippen molar-refractivity contribution in [3.05, 3.63) is 23.4 Å². The number of pyridine rings is 1. The van der Waals surface area contributed by atoms with Crippen molar-refractivity contribution < 1.29 is 0 Å². The van der Waals surface area contributed by atoms with Crippen molar-refractivity contribution in [3.8, 4) is 0 Å². The molecule has 0 saturated carbocycles. The van der Waals surface area contributed by atoms with Gasteiger partial charge in [-0.1, -0.05) is 6.92 Å². The molecule has 0 amide bonds. The van der Waals surface area contributed by atoms with Crippen LogP contribution in [0.15, 0.2) is 12.3 Å². The summed E-state index contributed by atoms with van der Waals surface area (Å²) < 4.78 is 0. The second kappa shape index (κ2) is 4.83. The average molecular weight is 219 g/mol. The molecule has 0 aromatic carbocycles. The SMILES string of the molecule is CCN1CCC[C@@H]1c1cnc(NC)cc1C. The highest BCUT2D eigenvalue weighted by molar-refractivity contribution is 5.41. The van der Waals surface area contributed by atoms with E-state index >= 15 is 0 Å². The highest BCUT2D eigenvalue weighted by Gasteiger charge is 2.25. The maximum absolute atomic E-state index is 4.43. The van der Waals surface area contributed by atoms with Crippen LogP contribution < -0.4 is 5.32 Å². The lowest BCUT2D eigenvalue weighted by Gasteiger charge is -2.24. The normalized spacial score (nSPS) is 21.3. The monoisotopic (exact) mass is 219 g/mol. The number of aromatic nitrogens is 1. The molecule has 1 aliphatic heterocycles. The van der Waals surface area contributed by atoms with Crippen LogP contribution in [0.3, 0.4) is 0 Å². The molecule has 0 aliphatic carbocycles. The Kier molecular flexibility index (Phi) is 3.44. The van der Waals surface area contributed by atoms with Crippen LogP contribution in [0.5, 0.6) is 0 Å². The van der Waals surface area contributed by atoms with Crippen molar-refractivity contribution in [2.45, 2.75) is 32.7 Å².